The van der Waals surface area contributed by atoms with Crippen molar-refractivity contribution in [2.45, 2.75) is 13.1 Å². The quantitative estimate of drug-likeness (QED) is 0.396. The zero-order valence-electron chi connectivity index (χ0n) is 19.5. The van der Waals surface area contributed by atoms with Crippen LogP contribution in [0.3, 0.4) is 0 Å². The fourth-order valence-electron chi connectivity index (χ4n) is 4.22. The zero-order chi connectivity index (χ0) is 23.5. The van der Waals surface area contributed by atoms with E-state index in [-0.39, 0.29) is 5.91 Å². The first-order valence-electron chi connectivity index (χ1n) is 11.5. The van der Waals surface area contributed by atoms with Crippen molar-refractivity contribution in [1.82, 2.24) is 24.8 Å². The summed E-state index contributed by atoms with van der Waals surface area (Å²) >= 11 is 0. The lowest BCUT2D eigenvalue weighted by atomic mass is 10.1. The smallest absolute Gasteiger partial charge is 0.257 e. The number of hydrogen-bond donors (Lipinski definition) is 3. The molecule has 0 fully saturated rings. The zero-order valence-corrected chi connectivity index (χ0v) is 19.5. The maximum Gasteiger partial charge on any atom is 0.257 e. The van der Waals surface area contributed by atoms with Crippen molar-refractivity contribution in [2.75, 3.05) is 44.4 Å². The van der Waals surface area contributed by atoms with Gasteiger partial charge in [-0.25, -0.2) is 9.97 Å². The van der Waals surface area contributed by atoms with Crippen LogP contribution in [0.25, 0.3) is 22.0 Å². The molecular formula is C26H29N7O. The maximum atomic E-state index is 12.9. The van der Waals surface area contributed by atoms with Gasteiger partial charge < -0.3 is 25.4 Å². The van der Waals surface area contributed by atoms with Crippen LogP contribution in [-0.2, 0) is 13.1 Å². The van der Waals surface area contributed by atoms with Gasteiger partial charge in [0, 0.05) is 67.5 Å². The minimum atomic E-state index is -0.214. The van der Waals surface area contributed by atoms with Crippen molar-refractivity contribution < 1.29 is 4.79 Å². The van der Waals surface area contributed by atoms with E-state index in [1.165, 1.54) is 11.4 Å². The van der Waals surface area contributed by atoms with Crippen LogP contribution < -0.4 is 16.0 Å². The summed E-state index contributed by atoms with van der Waals surface area (Å²) in [6, 6.07) is 16.1. The van der Waals surface area contributed by atoms with E-state index in [4.69, 9.17) is 0 Å². The van der Waals surface area contributed by atoms with Crippen LogP contribution in [0.5, 0.6) is 0 Å². The van der Waals surface area contributed by atoms with Gasteiger partial charge in [0.25, 0.3) is 5.91 Å². The van der Waals surface area contributed by atoms with Crippen molar-refractivity contribution in [1.29, 1.82) is 0 Å². The van der Waals surface area contributed by atoms with Gasteiger partial charge in [0.1, 0.15) is 11.6 Å². The molecule has 0 radical (unpaired) electrons. The minimum absolute atomic E-state index is 0.214. The number of anilines is 2. The van der Waals surface area contributed by atoms with E-state index in [9.17, 15) is 4.79 Å². The molecule has 8 nitrogen and oxygen atoms in total. The second-order valence-corrected chi connectivity index (χ2v) is 8.78. The Labute approximate surface area is 199 Å². The van der Waals surface area contributed by atoms with Crippen molar-refractivity contribution in [3.8, 4) is 11.3 Å². The Morgan fingerprint density at radius 2 is 1.97 bits per heavy atom. The standard InChI is InChI=1S/C26H29N7O/c1-32(2)11-10-29-24-14-19(7-8-28-24)26(34)31-25-15-21-13-18(3-4-20(21)16-30-25)23-6-5-22-17-27-9-12-33(22)23/h3-8,13-16,27H,9-12,17H2,1-2H3,(H,28,29)(H,30,31,34). The number of benzene rings is 1. The molecule has 3 aromatic heterocycles. The molecule has 1 amide bonds. The second-order valence-electron chi connectivity index (χ2n) is 8.78. The average molecular weight is 456 g/mol. The van der Waals surface area contributed by atoms with Crippen molar-refractivity contribution in [3.05, 3.63) is 72.2 Å². The number of nitrogens with one attached hydrogen (secondary N) is 3. The van der Waals surface area contributed by atoms with Crippen LogP contribution in [-0.4, -0.2) is 59.1 Å². The predicted molar refractivity (Wildman–Crippen MR) is 136 cm³/mol. The van der Waals surface area contributed by atoms with E-state index in [1.54, 1.807) is 24.5 Å². The number of rotatable bonds is 7. The van der Waals surface area contributed by atoms with E-state index in [0.717, 1.165) is 49.1 Å². The largest absolute Gasteiger partial charge is 0.369 e. The summed E-state index contributed by atoms with van der Waals surface area (Å²) in [6.07, 6.45) is 3.44. The SMILES string of the molecule is CN(C)CCNc1cc(C(=O)Nc2cc3cc(-c4ccc5n4CCNC5)ccc3cn2)ccn1. The molecular weight excluding hydrogens is 426 g/mol. The Bertz CT molecular complexity index is 1330. The van der Waals surface area contributed by atoms with Crippen LogP contribution in [0, 0.1) is 0 Å². The number of carbonyl (C=O) groups excluding carboxylic acids is 1. The summed E-state index contributed by atoms with van der Waals surface area (Å²) in [5.41, 5.74) is 4.21. The first-order chi connectivity index (χ1) is 16.6. The third-order valence-electron chi connectivity index (χ3n) is 6.04. The number of pyridine rings is 2. The molecule has 0 saturated heterocycles. The lowest BCUT2D eigenvalue weighted by molar-refractivity contribution is 0.102. The number of fused-ring (bicyclic) bond motifs is 2. The Hall–Kier alpha value is -3.75. The van der Waals surface area contributed by atoms with Crippen molar-refractivity contribution in [3.63, 3.8) is 0 Å². The monoisotopic (exact) mass is 455 g/mol. The first-order valence-corrected chi connectivity index (χ1v) is 11.5. The number of nitrogens with zero attached hydrogens (tertiary/aromatic N) is 4. The Morgan fingerprint density at radius 1 is 1.06 bits per heavy atom. The fraction of sp³-hybridized carbons (Fsp3) is 0.269. The molecule has 4 heterocycles. The lowest BCUT2D eigenvalue weighted by Gasteiger charge is -2.19. The van der Waals surface area contributed by atoms with E-state index in [1.807, 2.05) is 20.2 Å². The third-order valence-corrected chi connectivity index (χ3v) is 6.04. The molecule has 174 valence electrons. The highest BCUT2D eigenvalue weighted by Crippen LogP contribution is 2.28. The Morgan fingerprint density at radius 3 is 2.85 bits per heavy atom. The number of hydrogen-bond acceptors (Lipinski definition) is 6. The summed E-state index contributed by atoms with van der Waals surface area (Å²) < 4.78 is 2.37. The highest BCUT2D eigenvalue weighted by atomic mass is 16.1. The van der Waals surface area contributed by atoms with Crippen LogP contribution in [0.2, 0.25) is 0 Å². The predicted octanol–water partition coefficient (Wildman–Crippen LogP) is 3.43. The summed E-state index contributed by atoms with van der Waals surface area (Å²) in [5, 5.41) is 11.7. The van der Waals surface area contributed by atoms with Crippen molar-refractivity contribution >= 4 is 28.3 Å². The molecule has 5 rings (SSSR count). The van der Waals surface area contributed by atoms with Crippen LogP contribution in [0.15, 0.2) is 60.9 Å². The van der Waals surface area contributed by atoms with Crippen molar-refractivity contribution in [2.24, 2.45) is 0 Å². The molecule has 1 aliphatic rings. The van der Waals surface area contributed by atoms with E-state index in [2.05, 4.69) is 65.7 Å². The third kappa shape index (κ3) is 4.78. The number of aromatic nitrogens is 3. The summed E-state index contributed by atoms with van der Waals surface area (Å²) in [4.78, 5) is 23.7. The normalized spacial score (nSPS) is 13.1. The van der Waals surface area contributed by atoms with Gasteiger partial charge in [0.2, 0.25) is 0 Å². The molecule has 0 spiro atoms. The number of likely N-dealkylation sites (N-methyl/N-ethyl adjacent to an activating group) is 1. The Balaban J connectivity index is 1.34. The van der Waals surface area contributed by atoms with Gasteiger partial charge in [0.15, 0.2) is 0 Å². The molecule has 0 unspecified atom stereocenters. The van der Waals surface area contributed by atoms with E-state index in [0.29, 0.717) is 17.2 Å². The molecule has 0 atom stereocenters. The van der Waals surface area contributed by atoms with Gasteiger partial charge in [-0.3, -0.25) is 4.79 Å². The molecule has 1 aliphatic heterocycles. The van der Waals surface area contributed by atoms with Crippen LogP contribution >= 0.6 is 0 Å². The fourth-order valence-corrected chi connectivity index (χ4v) is 4.22. The van der Waals surface area contributed by atoms with E-state index < -0.39 is 0 Å². The topological polar surface area (TPSA) is 87.1 Å². The van der Waals surface area contributed by atoms with Gasteiger partial charge >= 0.3 is 0 Å². The molecule has 3 N–H and O–H groups in total. The molecule has 0 bridgehead atoms. The van der Waals surface area contributed by atoms with E-state index >= 15 is 0 Å². The van der Waals surface area contributed by atoms with Crippen LogP contribution in [0.4, 0.5) is 11.6 Å². The minimum Gasteiger partial charge on any atom is -0.369 e. The molecule has 34 heavy (non-hydrogen) atoms. The van der Waals surface area contributed by atoms with Gasteiger partial charge in [0.05, 0.1) is 0 Å². The molecule has 1 aromatic carbocycles. The summed E-state index contributed by atoms with van der Waals surface area (Å²) in [6.45, 7) is 4.47. The summed E-state index contributed by atoms with van der Waals surface area (Å²) in [5.74, 6) is 0.987. The van der Waals surface area contributed by atoms with Gasteiger partial charge in [-0.15, -0.1) is 0 Å². The number of carbonyl (C=O) groups is 1. The molecule has 4 aromatic rings. The Kier molecular flexibility index (Phi) is 6.24. The summed E-state index contributed by atoms with van der Waals surface area (Å²) in [7, 11) is 4.03. The second kappa shape index (κ2) is 9.62. The molecule has 0 saturated carbocycles. The maximum absolute atomic E-state index is 12.9. The number of amides is 1. The van der Waals surface area contributed by atoms with Gasteiger partial charge in [-0.2, -0.15) is 0 Å². The van der Waals surface area contributed by atoms with Crippen LogP contribution in [0.1, 0.15) is 16.1 Å². The molecule has 0 aliphatic carbocycles. The highest BCUT2D eigenvalue weighted by Gasteiger charge is 2.14. The highest BCUT2D eigenvalue weighted by molar-refractivity contribution is 6.05. The molecule has 8 heteroatoms. The average Bonchev–Trinajstić information content (AvgIpc) is 3.28. The first kappa shape index (κ1) is 22.1. The lowest BCUT2D eigenvalue weighted by Crippen LogP contribution is -2.27. The van der Waals surface area contributed by atoms with Gasteiger partial charge in [-0.1, -0.05) is 12.1 Å². The van der Waals surface area contributed by atoms with Gasteiger partial charge in [-0.05, 0) is 61.4 Å².